The van der Waals surface area contributed by atoms with Crippen molar-refractivity contribution in [1.29, 1.82) is 0 Å². The minimum atomic E-state index is 0.878. The highest BCUT2D eigenvalue weighted by Crippen LogP contribution is 2.42. The molecule has 0 aliphatic rings. The summed E-state index contributed by atoms with van der Waals surface area (Å²) in [7, 11) is 0. The Morgan fingerprint density at radius 3 is 1.84 bits per heavy atom. The minimum Gasteiger partial charge on any atom is -0.456 e. The number of nitrogens with zero attached hydrogens (tertiary/aromatic N) is 1. The van der Waals surface area contributed by atoms with E-state index in [1.807, 2.05) is 0 Å². The SMILES string of the molecule is c1ccc2c(Nc3ccc4c(c3)oc3cc(-c5cc6c7ccccc7n7c8ccccc8c(c5)c67)ccc34)cccc2c1. The van der Waals surface area contributed by atoms with Crippen LogP contribution in [-0.2, 0) is 0 Å². The standard InChI is InChI=1S/C40H24N2O/c1-2-10-28-24(8-1)9-7-13-35(28)41-27-17-19-32-31-18-16-25(22-38(31)43-39(32)23-27)26-20-33-29-11-3-5-14-36(29)42-37-15-6-4-12-30(37)34(21-26)40(33)42/h1-23,41H. The molecule has 43 heavy (non-hydrogen) atoms. The van der Waals surface area contributed by atoms with Crippen LogP contribution >= 0.6 is 0 Å². The molecule has 0 radical (unpaired) electrons. The molecule has 7 aromatic carbocycles. The second-order valence-corrected chi connectivity index (χ2v) is 11.5. The third-order valence-electron chi connectivity index (χ3n) is 9.08. The van der Waals surface area contributed by atoms with Gasteiger partial charge in [0.1, 0.15) is 11.2 Å². The molecule has 1 N–H and O–H groups in total. The molecule has 0 fully saturated rings. The monoisotopic (exact) mass is 548 g/mol. The van der Waals surface area contributed by atoms with E-state index >= 15 is 0 Å². The average molecular weight is 549 g/mol. The molecule has 0 atom stereocenters. The minimum absolute atomic E-state index is 0.878. The number of nitrogens with one attached hydrogen (secondary N) is 1. The summed E-state index contributed by atoms with van der Waals surface area (Å²) in [4.78, 5) is 0. The molecule has 0 spiro atoms. The summed E-state index contributed by atoms with van der Waals surface area (Å²) in [6.07, 6.45) is 0. The van der Waals surface area contributed by atoms with Crippen molar-refractivity contribution in [3.8, 4) is 11.1 Å². The summed E-state index contributed by atoms with van der Waals surface area (Å²) in [5, 5.41) is 13.4. The lowest BCUT2D eigenvalue weighted by atomic mass is 9.98. The molecule has 0 amide bonds. The highest BCUT2D eigenvalue weighted by Gasteiger charge is 2.19. The second-order valence-electron chi connectivity index (χ2n) is 11.5. The van der Waals surface area contributed by atoms with Crippen LogP contribution in [0, 0.1) is 0 Å². The summed E-state index contributed by atoms with van der Waals surface area (Å²) < 4.78 is 8.92. The molecule has 10 rings (SSSR count). The van der Waals surface area contributed by atoms with Gasteiger partial charge < -0.3 is 14.1 Å². The molecule has 10 aromatic rings. The normalized spacial score (nSPS) is 12.2. The molecule has 0 saturated heterocycles. The number of aromatic nitrogens is 1. The first-order valence-corrected chi connectivity index (χ1v) is 14.7. The highest BCUT2D eigenvalue weighted by atomic mass is 16.3. The van der Waals surface area contributed by atoms with Gasteiger partial charge in [0.15, 0.2) is 0 Å². The smallest absolute Gasteiger partial charge is 0.137 e. The topological polar surface area (TPSA) is 29.6 Å². The maximum atomic E-state index is 6.50. The molecule has 0 bridgehead atoms. The second kappa shape index (κ2) is 8.37. The number of rotatable bonds is 3. The predicted octanol–water partition coefficient (Wildman–Crippen LogP) is 11.3. The van der Waals surface area contributed by atoms with Gasteiger partial charge in [-0.1, -0.05) is 78.9 Å². The van der Waals surface area contributed by atoms with Crippen LogP contribution < -0.4 is 5.32 Å². The Hall–Kier alpha value is -5.80. The van der Waals surface area contributed by atoms with Crippen molar-refractivity contribution < 1.29 is 4.42 Å². The first kappa shape index (κ1) is 22.8. The summed E-state index contributed by atoms with van der Waals surface area (Å²) in [6.45, 7) is 0. The number of benzene rings is 7. The maximum absolute atomic E-state index is 6.50. The van der Waals surface area contributed by atoms with Crippen LogP contribution in [0.25, 0.3) is 81.9 Å². The Morgan fingerprint density at radius 2 is 1.07 bits per heavy atom. The number of hydrogen-bond donors (Lipinski definition) is 1. The summed E-state index contributed by atoms with van der Waals surface area (Å²) in [6, 6.07) is 50.0. The van der Waals surface area contributed by atoms with Gasteiger partial charge in [-0.2, -0.15) is 0 Å². The van der Waals surface area contributed by atoms with Crippen molar-refractivity contribution in [2.75, 3.05) is 5.32 Å². The van der Waals surface area contributed by atoms with E-state index in [4.69, 9.17) is 4.42 Å². The van der Waals surface area contributed by atoms with E-state index in [-0.39, 0.29) is 0 Å². The van der Waals surface area contributed by atoms with E-state index in [0.717, 1.165) is 38.9 Å². The average Bonchev–Trinajstić information content (AvgIpc) is 3.71. The lowest BCUT2D eigenvalue weighted by Crippen LogP contribution is -1.91. The quantitative estimate of drug-likeness (QED) is 0.238. The van der Waals surface area contributed by atoms with Gasteiger partial charge in [-0.05, 0) is 71.1 Å². The van der Waals surface area contributed by atoms with Crippen LogP contribution in [0.15, 0.2) is 144 Å². The molecule has 0 aliphatic carbocycles. The Morgan fingerprint density at radius 1 is 0.442 bits per heavy atom. The molecule has 3 nitrogen and oxygen atoms in total. The van der Waals surface area contributed by atoms with Crippen LogP contribution in [-0.4, -0.2) is 4.40 Å². The van der Waals surface area contributed by atoms with Crippen molar-refractivity contribution in [1.82, 2.24) is 4.40 Å². The molecular formula is C40H24N2O. The Labute approximate surface area is 246 Å². The van der Waals surface area contributed by atoms with Crippen LogP contribution in [0.3, 0.4) is 0 Å². The van der Waals surface area contributed by atoms with Crippen LogP contribution in [0.4, 0.5) is 11.4 Å². The van der Waals surface area contributed by atoms with Crippen LogP contribution in [0.2, 0.25) is 0 Å². The lowest BCUT2D eigenvalue weighted by molar-refractivity contribution is 0.669. The fraction of sp³-hybridized carbons (Fsp3) is 0. The van der Waals surface area contributed by atoms with Crippen molar-refractivity contribution >= 4 is 82.2 Å². The third kappa shape index (κ3) is 3.19. The van der Waals surface area contributed by atoms with E-state index in [2.05, 4.69) is 149 Å². The summed E-state index contributed by atoms with van der Waals surface area (Å²) in [5.74, 6) is 0. The summed E-state index contributed by atoms with van der Waals surface area (Å²) >= 11 is 0. The molecule has 200 valence electrons. The Balaban J connectivity index is 1.12. The molecule has 3 heterocycles. The molecule has 3 aromatic heterocycles. The first-order chi connectivity index (χ1) is 21.3. The maximum Gasteiger partial charge on any atom is 0.137 e. The fourth-order valence-corrected chi connectivity index (χ4v) is 7.14. The summed E-state index contributed by atoms with van der Waals surface area (Å²) in [5.41, 5.74) is 10.0. The Kier molecular flexibility index (Phi) is 4.45. The van der Waals surface area contributed by atoms with Crippen LogP contribution in [0.1, 0.15) is 0 Å². The van der Waals surface area contributed by atoms with Crippen molar-refractivity contribution in [3.63, 3.8) is 0 Å². The van der Waals surface area contributed by atoms with E-state index in [0.29, 0.717) is 0 Å². The zero-order chi connectivity index (χ0) is 28.1. The van der Waals surface area contributed by atoms with Gasteiger partial charge in [0.25, 0.3) is 0 Å². The highest BCUT2D eigenvalue weighted by molar-refractivity contribution is 6.24. The largest absolute Gasteiger partial charge is 0.456 e. The van der Waals surface area contributed by atoms with E-state index in [1.165, 1.54) is 54.4 Å². The zero-order valence-electron chi connectivity index (χ0n) is 23.1. The first-order valence-electron chi connectivity index (χ1n) is 14.7. The van der Waals surface area contributed by atoms with Gasteiger partial charge >= 0.3 is 0 Å². The van der Waals surface area contributed by atoms with Gasteiger partial charge in [-0.25, -0.2) is 0 Å². The van der Waals surface area contributed by atoms with Crippen molar-refractivity contribution in [2.24, 2.45) is 0 Å². The van der Waals surface area contributed by atoms with Crippen molar-refractivity contribution in [3.05, 3.63) is 140 Å². The van der Waals surface area contributed by atoms with Gasteiger partial charge in [0.05, 0.1) is 16.6 Å². The number of fused-ring (bicyclic) bond motifs is 10. The molecule has 0 aliphatic heterocycles. The number of hydrogen-bond acceptors (Lipinski definition) is 2. The van der Waals surface area contributed by atoms with Crippen LogP contribution in [0.5, 0.6) is 0 Å². The van der Waals surface area contributed by atoms with E-state index < -0.39 is 0 Å². The lowest BCUT2D eigenvalue weighted by Gasteiger charge is -2.09. The van der Waals surface area contributed by atoms with E-state index in [9.17, 15) is 0 Å². The third-order valence-corrected chi connectivity index (χ3v) is 9.08. The molecule has 0 saturated carbocycles. The number of furan rings is 1. The van der Waals surface area contributed by atoms with Gasteiger partial charge in [-0.15, -0.1) is 0 Å². The van der Waals surface area contributed by atoms with Crippen molar-refractivity contribution in [2.45, 2.75) is 0 Å². The molecule has 3 heteroatoms. The van der Waals surface area contributed by atoms with Gasteiger partial charge in [0.2, 0.25) is 0 Å². The molecular weight excluding hydrogens is 524 g/mol. The van der Waals surface area contributed by atoms with Gasteiger partial charge in [-0.3, -0.25) is 0 Å². The number of anilines is 2. The van der Waals surface area contributed by atoms with E-state index in [1.54, 1.807) is 0 Å². The van der Waals surface area contributed by atoms with Gasteiger partial charge in [0, 0.05) is 55.1 Å². The number of para-hydroxylation sites is 2. The zero-order valence-corrected chi connectivity index (χ0v) is 23.1. The molecule has 0 unspecified atom stereocenters. The fourth-order valence-electron chi connectivity index (χ4n) is 7.14. The Bertz CT molecular complexity index is 2620. The predicted molar refractivity (Wildman–Crippen MR) is 181 cm³/mol.